The van der Waals surface area contributed by atoms with E-state index in [4.69, 9.17) is 8.94 Å². The fourth-order valence-electron chi connectivity index (χ4n) is 4.29. The smallest absolute Gasteiger partial charge is 0.274 e. The van der Waals surface area contributed by atoms with Crippen molar-refractivity contribution < 1.29 is 21.7 Å². The highest BCUT2D eigenvalue weighted by molar-refractivity contribution is 7.89. The van der Waals surface area contributed by atoms with Crippen LogP contribution in [0.5, 0.6) is 0 Å². The lowest BCUT2D eigenvalue weighted by atomic mass is 10.1. The van der Waals surface area contributed by atoms with E-state index in [-0.39, 0.29) is 16.8 Å². The first kappa shape index (κ1) is 21.1. The first-order chi connectivity index (χ1) is 15.5. The minimum Gasteiger partial charge on any atom is -0.443 e. The zero-order valence-electron chi connectivity index (χ0n) is 17.5. The molecular weight excluding hydrogens is 433 g/mol. The van der Waals surface area contributed by atoms with Gasteiger partial charge in [-0.1, -0.05) is 23.4 Å². The number of hydrogen-bond acceptors (Lipinski definition) is 6. The van der Waals surface area contributed by atoms with Gasteiger partial charge in [-0.2, -0.15) is 0 Å². The number of rotatable bonds is 8. The molecule has 1 saturated heterocycles. The van der Waals surface area contributed by atoms with E-state index in [1.807, 2.05) is 18.2 Å². The zero-order chi connectivity index (χ0) is 22.1. The van der Waals surface area contributed by atoms with Gasteiger partial charge in [-0.15, -0.1) is 0 Å². The molecule has 2 aromatic carbocycles. The maximum atomic E-state index is 13.3. The predicted molar refractivity (Wildman–Crippen MR) is 118 cm³/mol. The average Bonchev–Trinajstić information content (AvgIpc) is 3.51. The number of hydrogen-bond donors (Lipinski definition) is 1. The molecule has 1 aliphatic heterocycles. The number of aryl methyl sites for hydroxylation is 1. The van der Waals surface area contributed by atoms with E-state index in [1.54, 1.807) is 18.2 Å². The normalized spacial score (nSPS) is 17.6. The molecule has 3 heterocycles. The summed E-state index contributed by atoms with van der Waals surface area (Å²) in [7, 11) is -3.68. The highest BCUT2D eigenvalue weighted by Crippen LogP contribution is 2.24. The van der Waals surface area contributed by atoms with Gasteiger partial charge in [0.2, 0.25) is 5.09 Å². The third kappa shape index (κ3) is 4.41. The summed E-state index contributed by atoms with van der Waals surface area (Å²) in [6.45, 7) is 3.05. The van der Waals surface area contributed by atoms with Crippen LogP contribution in [0.25, 0.3) is 21.9 Å². The standard InChI is InChI=1S/C23H24FN3O4S/c24-18-7-8-19-20(26-31-22(19)13-18)5-3-10-27-11-9-16(15-27)14-25-32(28,29)23-12-17-4-1-2-6-21(17)30-23/h1-2,4,6-8,12-13,16,25H,3,5,9-11,14-15H2. The Bertz CT molecular complexity index is 1310. The molecule has 1 N–H and O–H groups in total. The number of sulfonamides is 1. The number of fused-ring (bicyclic) bond motifs is 2. The molecule has 9 heteroatoms. The molecule has 7 nitrogen and oxygen atoms in total. The molecule has 2 aromatic heterocycles. The van der Waals surface area contributed by atoms with E-state index in [2.05, 4.69) is 14.8 Å². The Kier molecular flexibility index (Phi) is 5.71. The van der Waals surface area contributed by atoms with Gasteiger partial charge in [-0.25, -0.2) is 17.5 Å². The Labute approximate surface area is 185 Å². The van der Waals surface area contributed by atoms with Gasteiger partial charge in [0, 0.05) is 36.0 Å². The second-order valence-electron chi connectivity index (χ2n) is 8.28. The molecule has 0 saturated carbocycles. The quantitative estimate of drug-likeness (QED) is 0.431. The molecule has 1 unspecified atom stereocenters. The van der Waals surface area contributed by atoms with Crippen molar-refractivity contribution in [1.29, 1.82) is 0 Å². The fraction of sp³-hybridized carbons (Fsp3) is 0.348. The first-order valence-electron chi connectivity index (χ1n) is 10.7. The molecule has 1 atom stereocenters. The predicted octanol–water partition coefficient (Wildman–Crippen LogP) is 3.95. The zero-order valence-corrected chi connectivity index (χ0v) is 18.3. The lowest BCUT2D eigenvalue weighted by Gasteiger charge is -2.15. The molecule has 0 spiro atoms. The third-order valence-corrected chi connectivity index (χ3v) is 7.27. The van der Waals surface area contributed by atoms with E-state index in [1.165, 1.54) is 12.1 Å². The lowest BCUT2D eigenvalue weighted by molar-refractivity contribution is 0.318. The molecule has 4 aromatic rings. The molecule has 168 valence electrons. The highest BCUT2D eigenvalue weighted by atomic mass is 32.2. The molecule has 0 aliphatic carbocycles. The van der Waals surface area contributed by atoms with Crippen molar-refractivity contribution in [3.05, 3.63) is 60.0 Å². The number of likely N-dealkylation sites (tertiary alicyclic amines) is 1. The van der Waals surface area contributed by atoms with Gasteiger partial charge in [0.05, 0.1) is 5.69 Å². The Morgan fingerprint density at radius 2 is 2.03 bits per heavy atom. The van der Waals surface area contributed by atoms with Crippen LogP contribution in [-0.2, 0) is 16.4 Å². The summed E-state index contributed by atoms with van der Waals surface area (Å²) in [5.74, 6) is -0.0794. The lowest BCUT2D eigenvalue weighted by Crippen LogP contribution is -2.31. The molecule has 1 aliphatic rings. The van der Waals surface area contributed by atoms with E-state index < -0.39 is 10.0 Å². The summed E-state index contributed by atoms with van der Waals surface area (Å²) in [5, 5.41) is 5.64. The van der Waals surface area contributed by atoms with Crippen LogP contribution in [-0.4, -0.2) is 44.7 Å². The maximum absolute atomic E-state index is 13.3. The van der Waals surface area contributed by atoms with Crippen LogP contribution < -0.4 is 4.72 Å². The van der Waals surface area contributed by atoms with Crippen LogP contribution in [0.4, 0.5) is 4.39 Å². The van der Waals surface area contributed by atoms with Gasteiger partial charge in [0.1, 0.15) is 11.4 Å². The summed E-state index contributed by atoms with van der Waals surface area (Å²) in [6.07, 6.45) is 2.59. The summed E-state index contributed by atoms with van der Waals surface area (Å²) in [6, 6.07) is 13.3. The number of benzene rings is 2. The Morgan fingerprint density at radius 3 is 2.91 bits per heavy atom. The van der Waals surface area contributed by atoms with Crippen molar-refractivity contribution in [3.8, 4) is 0 Å². The highest BCUT2D eigenvalue weighted by Gasteiger charge is 2.26. The van der Waals surface area contributed by atoms with Crippen LogP contribution >= 0.6 is 0 Å². The number of halogens is 1. The minimum absolute atomic E-state index is 0.0479. The number of furan rings is 1. The number of aromatic nitrogens is 1. The Hall–Kier alpha value is -2.75. The van der Waals surface area contributed by atoms with Crippen molar-refractivity contribution in [2.45, 2.75) is 24.4 Å². The van der Waals surface area contributed by atoms with E-state index in [0.29, 0.717) is 17.7 Å². The number of nitrogens with zero attached hydrogens (tertiary/aromatic N) is 2. The van der Waals surface area contributed by atoms with Crippen LogP contribution in [0.1, 0.15) is 18.5 Å². The van der Waals surface area contributed by atoms with Crippen LogP contribution in [0.3, 0.4) is 0 Å². The second kappa shape index (κ2) is 8.65. The molecule has 0 bridgehead atoms. The number of para-hydroxylation sites is 1. The van der Waals surface area contributed by atoms with E-state index in [9.17, 15) is 12.8 Å². The summed E-state index contributed by atoms with van der Waals surface area (Å²) >= 11 is 0. The molecule has 0 amide bonds. The van der Waals surface area contributed by atoms with Crippen LogP contribution in [0.15, 0.2) is 62.6 Å². The summed E-state index contributed by atoms with van der Waals surface area (Å²) < 4.78 is 51.9. The van der Waals surface area contributed by atoms with E-state index in [0.717, 1.165) is 55.4 Å². The SMILES string of the molecule is O=S(=O)(NCC1CCN(CCCc2noc3cc(F)ccc23)C1)c1cc2ccccc2o1. The van der Waals surface area contributed by atoms with Crippen molar-refractivity contribution >= 4 is 32.0 Å². The minimum atomic E-state index is -3.68. The van der Waals surface area contributed by atoms with Crippen LogP contribution in [0, 0.1) is 11.7 Å². The number of nitrogens with one attached hydrogen (secondary N) is 1. The van der Waals surface area contributed by atoms with E-state index >= 15 is 0 Å². The molecule has 5 rings (SSSR count). The van der Waals surface area contributed by atoms with Crippen molar-refractivity contribution in [1.82, 2.24) is 14.8 Å². The van der Waals surface area contributed by atoms with Crippen LogP contribution in [0.2, 0.25) is 0 Å². The molecule has 32 heavy (non-hydrogen) atoms. The van der Waals surface area contributed by atoms with Gasteiger partial charge >= 0.3 is 0 Å². The molecule has 0 radical (unpaired) electrons. The topological polar surface area (TPSA) is 88.6 Å². The summed E-state index contributed by atoms with van der Waals surface area (Å²) in [4.78, 5) is 2.34. The van der Waals surface area contributed by atoms with Crippen molar-refractivity contribution in [2.75, 3.05) is 26.2 Å². The average molecular weight is 458 g/mol. The van der Waals surface area contributed by atoms with Gasteiger partial charge in [0.25, 0.3) is 10.0 Å². The summed E-state index contributed by atoms with van der Waals surface area (Å²) in [5.41, 5.74) is 1.87. The second-order valence-corrected chi connectivity index (χ2v) is 9.98. The van der Waals surface area contributed by atoms with Gasteiger partial charge in [0.15, 0.2) is 5.58 Å². The fourth-order valence-corrected chi connectivity index (χ4v) is 5.36. The van der Waals surface area contributed by atoms with Gasteiger partial charge in [-0.3, -0.25) is 0 Å². The Morgan fingerprint density at radius 1 is 1.16 bits per heavy atom. The monoisotopic (exact) mass is 457 g/mol. The largest absolute Gasteiger partial charge is 0.443 e. The molecule has 1 fully saturated rings. The maximum Gasteiger partial charge on any atom is 0.274 e. The van der Waals surface area contributed by atoms with Crippen molar-refractivity contribution in [3.63, 3.8) is 0 Å². The van der Waals surface area contributed by atoms with Gasteiger partial charge < -0.3 is 13.8 Å². The third-order valence-electron chi connectivity index (χ3n) is 6.00. The Balaban J connectivity index is 1.10. The first-order valence-corrected chi connectivity index (χ1v) is 12.2. The molecular formula is C23H24FN3O4S. The van der Waals surface area contributed by atoms with Crippen molar-refractivity contribution in [2.24, 2.45) is 5.92 Å². The van der Waals surface area contributed by atoms with Gasteiger partial charge in [-0.05, 0) is 56.5 Å².